The van der Waals surface area contributed by atoms with Crippen molar-refractivity contribution >= 4 is 23.5 Å². The van der Waals surface area contributed by atoms with Crippen molar-refractivity contribution < 1.29 is 9.53 Å². The van der Waals surface area contributed by atoms with E-state index in [9.17, 15) is 4.79 Å². The molecule has 2 heterocycles. The van der Waals surface area contributed by atoms with Crippen molar-refractivity contribution in [1.29, 1.82) is 0 Å². The van der Waals surface area contributed by atoms with E-state index >= 15 is 0 Å². The van der Waals surface area contributed by atoms with Crippen LogP contribution in [0.2, 0.25) is 0 Å². The molecule has 5 rings (SSSR count). The van der Waals surface area contributed by atoms with E-state index in [1.807, 2.05) is 35.0 Å². The summed E-state index contributed by atoms with van der Waals surface area (Å²) in [5, 5.41) is 8.82. The first-order valence-corrected chi connectivity index (χ1v) is 12.0. The minimum Gasteiger partial charge on any atom is -0.489 e. The molecular weight excluding hydrogens is 420 g/mol. The quantitative estimate of drug-likeness (QED) is 0.518. The van der Waals surface area contributed by atoms with Crippen molar-refractivity contribution in [3.05, 3.63) is 76.5 Å². The molecule has 0 radical (unpaired) electrons. The molecule has 6 nitrogen and oxygen atoms in total. The van der Waals surface area contributed by atoms with Crippen molar-refractivity contribution in [1.82, 2.24) is 14.8 Å². The van der Waals surface area contributed by atoms with Crippen LogP contribution in [-0.4, -0.2) is 26.3 Å². The highest BCUT2D eigenvalue weighted by Crippen LogP contribution is 2.40. The SMILES string of the molecule is CCSc1nc2n(n1)C(c1ccc(OCc3cccc(C)c3)cc1)C1=C(CCCC1=O)N2. The Morgan fingerprint density at radius 1 is 1.19 bits per heavy atom. The fraction of sp³-hybridized carbons (Fsp3) is 0.320. The van der Waals surface area contributed by atoms with Gasteiger partial charge in [-0.05, 0) is 48.8 Å². The van der Waals surface area contributed by atoms with Gasteiger partial charge in [-0.15, -0.1) is 5.10 Å². The van der Waals surface area contributed by atoms with E-state index in [2.05, 4.69) is 42.3 Å². The molecule has 164 valence electrons. The second-order valence-corrected chi connectivity index (χ2v) is 9.37. The zero-order chi connectivity index (χ0) is 22.1. The van der Waals surface area contributed by atoms with Gasteiger partial charge in [0, 0.05) is 17.7 Å². The summed E-state index contributed by atoms with van der Waals surface area (Å²) in [6.07, 6.45) is 2.31. The summed E-state index contributed by atoms with van der Waals surface area (Å²) >= 11 is 1.60. The van der Waals surface area contributed by atoms with Crippen LogP contribution in [0.1, 0.15) is 48.9 Å². The van der Waals surface area contributed by atoms with Crippen molar-refractivity contribution in [2.24, 2.45) is 0 Å². The molecule has 2 aliphatic rings. The maximum absolute atomic E-state index is 12.9. The summed E-state index contributed by atoms with van der Waals surface area (Å²) in [4.78, 5) is 17.6. The average Bonchev–Trinajstić information content (AvgIpc) is 3.19. The fourth-order valence-electron chi connectivity index (χ4n) is 4.35. The number of anilines is 1. The lowest BCUT2D eigenvalue weighted by Gasteiger charge is -2.32. The first kappa shape index (κ1) is 20.8. The lowest BCUT2D eigenvalue weighted by Crippen LogP contribution is -2.31. The number of hydrogen-bond donors (Lipinski definition) is 1. The third kappa shape index (κ3) is 4.05. The average molecular weight is 447 g/mol. The Morgan fingerprint density at radius 2 is 2.03 bits per heavy atom. The van der Waals surface area contributed by atoms with E-state index in [1.54, 1.807) is 11.8 Å². The number of fused-ring (bicyclic) bond motifs is 1. The predicted molar refractivity (Wildman–Crippen MR) is 126 cm³/mol. The van der Waals surface area contributed by atoms with Crippen LogP contribution >= 0.6 is 11.8 Å². The van der Waals surface area contributed by atoms with Gasteiger partial charge in [0.1, 0.15) is 18.4 Å². The molecule has 0 bridgehead atoms. The highest BCUT2D eigenvalue weighted by molar-refractivity contribution is 7.99. The van der Waals surface area contributed by atoms with Crippen LogP contribution in [-0.2, 0) is 11.4 Å². The summed E-state index contributed by atoms with van der Waals surface area (Å²) in [7, 11) is 0. The first-order valence-electron chi connectivity index (χ1n) is 11.0. The summed E-state index contributed by atoms with van der Waals surface area (Å²) in [6, 6.07) is 16.1. The molecule has 0 amide bonds. The highest BCUT2D eigenvalue weighted by Gasteiger charge is 2.36. The Morgan fingerprint density at radius 3 is 2.81 bits per heavy atom. The zero-order valence-electron chi connectivity index (χ0n) is 18.3. The lowest BCUT2D eigenvalue weighted by atomic mass is 9.85. The molecule has 1 aliphatic heterocycles. The molecule has 0 saturated carbocycles. The van der Waals surface area contributed by atoms with E-state index in [4.69, 9.17) is 9.84 Å². The van der Waals surface area contributed by atoms with Crippen LogP contribution in [0.25, 0.3) is 0 Å². The number of hydrogen-bond acceptors (Lipinski definition) is 6. The third-order valence-corrected chi connectivity index (χ3v) is 6.53. The number of nitrogens with one attached hydrogen (secondary N) is 1. The molecule has 7 heteroatoms. The van der Waals surface area contributed by atoms with Gasteiger partial charge in [0.25, 0.3) is 0 Å². The second-order valence-electron chi connectivity index (χ2n) is 8.14. The zero-order valence-corrected chi connectivity index (χ0v) is 19.1. The van der Waals surface area contributed by atoms with Gasteiger partial charge in [0.15, 0.2) is 5.78 Å². The van der Waals surface area contributed by atoms with Gasteiger partial charge in [0.2, 0.25) is 11.1 Å². The highest BCUT2D eigenvalue weighted by atomic mass is 32.2. The molecule has 1 aromatic heterocycles. The van der Waals surface area contributed by atoms with Crippen LogP contribution < -0.4 is 10.1 Å². The standard InChI is InChI=1S/C25H26N4O2S/c1-3-32-25-27-24-26-20-8-5-9-21(30)22(20)23(29(24)28-25)18-10-12-19(13-11-18)31-15-17-7-4-6-16(2)14-17/h4,6-7,10-14,23H,3,5,8-9,15H2,1-2H3,(H,26,27,28). The van der Waals surface area contributed by atoms with Gasteiger partial charge in [-0.1, -0.05) is 60.6 Å². The summed E-state index contributed by atoms with van der Waals surface area (Å²) in [5.74, 6) is 2.59. The van der Waals surface area contributed by atoms with Gasteiger partial charge < -0.3 is 10.1 Å². The minimum atomic E-state index is -0.265. The maximum Gasteiger partial charge on any atom is 0.227 e. The van der Waals surface area contributed by atoms with Crippen molar-refractivity contribution in [2.75, 3.05) is 11.1 Å². The van der Waals surface area contributed by atoms with Crippen LogP contribution in [0.15, 0.2) is 65.0 Å². The first-order chi connectivity index (χ1) is 15.6. The minimum absolute atomic E-state index is 0.189. The number of Topliss-reactive ketones (excluding diaryl/α,β-unsaturated/α-hetero) is 1. The van der Waals surface area contributed by atoms with Crippen LogP contribution in [0.3, 0.4) is 0 Å². The molecule has 1 aliphatic carbocycles. The number of rotatable bonds is 6. The normalized spacial score (nSPS) is 17.6. The van der Waals surface area contributed by atoms with E-state index in [0.717, 1.165) is 51.9 Å². The van der Waals surface area contributed by atoms with E-state index < -0.39 is 0 Å². The molecule has 0 spiro atoms. The Kier molecular flexibility index (Phi) is 5.74. The van der Waals surface area contributed by atoms with E-state index in [-0.39, 0.29) is 11.8 Å². The number of ketones is 1. The van der Waals surface area contributed by atoms with Crippen LogP contribution in [0.5, 0.6) is 5.75 Å². The fourth-order valence-corrected chi connectivity index (χ4v) is 4.90. The molecule has 0 saturated heterocycles. The van der Waals surface area contributed by atoms with Gasteiger partial charge in [-0.3, -0.25) is 4.79 Å². The lowest BCUT2D eigenvalue weighted by molar-refractivity contribution is -0.116. The van der Waals surface area contributed by atoms with Gasteiger partial charge >= 0.3 is 0 Å². The number of benzene rings is 2. The summed E-state index contributed by atoms with van der Waals surface area (Å²) in [5.41, 5.74) is 5.17. The van der Waals surface area contributed by atoms with Crippen molar-refractivity contribution in [3.63, 3.8) is 0 Å². The van der Waals surface area contributed by atoms with Gasteiger partial charge in [-0.25, -0.2) is 4.68 Å². The number of carbonyl (C=O) groups is 1. The van der Waals surface area contributed by atoms with Crippen molar-refractivity contribution in [2.45, 2.75) is 50.9 Å². The molecule has 2 aromatic carbocycles. The number of ether oxygens (including phenoxy) is 1. The Hall–Kier alpha value is -3.06. The van der Waals surface area contributed by atoms with Crippen LogP contribution in [0, 0.1) is 6.92 Å². The largest absolute Gasteiger partial charge is 0.489 e. The number of aryl methyl sites for hydroxylation is 1. The predicted octanol–water partition coefficient (Wildman–Crippen LogP) is 5.30. The molecule has 0 fully saturated rings. The van der Waals surface area contributed by atoms with Gasteiger partial charge in [0.05, 0.1) is 0 Å². The Balaban J connectivity index is 1.44. The smallest absolute Gasteiger partial charge is 0.227 e. The topological polar surface area (TPSA) is 69.0 Å². The third-order valence-electron chi connectivity index (χ3n) is 5.81. The number of aromatic nitrogens is 3. The molecule has 3 aromatic rings. The number of thioether (sulfide) groups is 1. The number of allylic oxidation sites excluding steroid dienone is 2. The number of carbonyl (C=O) groups excluding carboxylic acids is 1. The Bertz CT molecular complexity index is 1180. The molecule has 32 heavy (non-hydrogen) atoms. The second kappa shape index (κ2) is 8.82. The summed E-state index contributed by atoms with van der Waals surface area (Å²) in [6.45, 7) is 4.68. The monoisotopic (exact) mass is 446 g/mol. The Labute approximate surface area is 192 Å². The molecule has 1 atom stereocenters. The van der Waals surface area contributed by atoms with E-state index in [0.29, 0.717) is 19.0 Å². The summed E-state index contributed by atoms with van der Waals surface area (Å²) < 4.78 is 7.86. The van der Waals surface area contributed by atoms with Gasteiger partial charge in [-0.2, -0.15) is 4.98 Å². The number of nitrogens with zero attached hydrogens (tertiary/aromatic N) is 3. The van der Waals surface area contributed by atoms with E-state index in [1.165, 1.54) is 5.56 Å². The molecule has 1 unspecified atom stereocenters. The maximum atomic E-state index is 12.9. The molecule has 1 N–H and O–H groups in total. The molecular formula is C25H26N4O2S. The van der Waals surface area contributed by atoms with Crippen LogP contribution in [0.4, 0.5) is 5.95 Å². The van der Waals surface area contributed by atoms with Crippen molar-refractivity contribution in [3.8, 4) is 5.75 Å².